The fourth-order valence-corrected chi connectivity index (χ4v) is 2.76. The predicted molar refractivity (Wildman–Crippen MR) is 115 cm³/mol. The van der Waals surface area contributed by atoms with Crippen LogP contribution < -0.4 is 14.2 Å². The Labute approximate surface area is 202 Å². The molecule has 2 aromatic rings. The number of benzene rings is 2. The molecule has 1 atom stereocenters. The van der Waals surface area contributed by atoms with Crippen molar-refractivity contribution >= 4 is 5.97 Å². The first-order valence-electron chi connectivity index (χ1n) is 10.2. The lowest BCUT2D eigenvalue weighted by molar-refractivity contribution is -0.276. The van der Waals surface area contributed by atoms with Gasteiger partial charge in [0.1, 0.15) is 23.9 Å². The summed E-state index contributed by atoms with van der Waals surface area (Å²) in [4.78, 5) is 11.2. The number of carboxylic acid groups (broad SMARTS) is 1. The first kappa shape index (κ1) is 28.4. The number of carbonyl (C=O) groups is 1. The Morgan fingerprint density at radius 1 is 0.972 bits per heavy atom. The number of rotatable bonds is 10. The van der Waals surface area contributed by atoms with Crippen LogP contribution in [0.25, 0.3) is 0 Å². The summed E-state index contributed by atoms with van der Waals surface area (Å²) in [7, 11) is 0. The molecule has 0 bridgehead atoms. The van der Waals surface area contributed by atoms with E-state index in [0.717, 1.165) is 17.7 Å². The fourth-order valence-electron chi connectivity index (χ4n) is 2.76. The van der Waals surface area contributed by atoms with Crippen molar-refractivity contribution in [1.29, 1.82) is 0 Å². The van der Waals surface area contributed by atoms with E-state index in [4.69, 9.17) is 14.6 Å². The van der Waals surface area contributed by atoms with Crippen LogP contribution in [-0.4, -0.2) is 43.1 Å². The van der Waals surface area contributed by atoms with Gasteiger partial charge in [0.2, 0.25) is 0 Å². The summed E-state index contributed by atoms with van der Waals surface area (Å²) in [5.74, 6) is 2.44. The number of carboxylic acids is 1. The molecule has 0 spiro atoms. The molecule has 12 heteroatoms. The van der Waals surface area contributed by atoms with Gasteiger partial charge in [0.05, 0.1) is 0 Å². The molecule has 0 aliphatic carbocycles. The Hall–Kier alpha value is -3.85. The molecule has 0 heterocycles. The van der Waals surface area contributed by atoms with Crippen LogP contribution in [0.3, 0.4) is 0 Å². The quantitative estimate of drug-likeness (QED) is 0.331. The number of aliphatic carboxylic acids is 1. The summed E-state index contributed by atoms with van der Waals surface area (Å²) in [6, 6.07) is 8.71. The second-order valence-electron chi connectivity index (χ2n) is 6.90. The standard InChI is InChI=1S/C24H20F6O6/c1-2-33-21(22(31)32)14-16-7-9-18(10-8-16)34-11-5-3-4-6-17-12-19(35-23(25,26)27)15-20(13-17)36-24(28,29)30/h3,5,7-10,12-13,15,21H,2,11,14H2,1H3,(H,31,32). The molecule has 0 aromatic heterocycles. The Morgan fingerprint density at radius 2 is 1.56 bits per heavy atom. The monoisotopic (exact) mass is 518 g/mol. The van der Waals surface area contributed by atoms with E-state index in [1.54, 1.807) is 31.2 Å². The van der Waals surface area contributed by atoms with Gasteiger partial charge >= 0.3 is 18.7 Å². The lowest BCUT2D eigenvalue weighted by Gasteiger charge is -2.13. The molecule has 2 aromatic carbocycles. The summed E-state index contributed by atoms with van der Waals surface area (Å²) in [6.07, 6.45) is -8.23. The zero-order chi connectivity index (χ0) is 26.8. The van der Waals surface area contributed by atoms with Crippen LogP contribution in [0.1, 0.15) is 18.1 Å². The molecular weight excluding hydrogens is 498 g/mol. The highest BCUT2D eigenvalue weighted by molar-refractivity contribution is 5.72. The average molecular weight is 518 g/mol. The van der Waals surface area contributed by atoms with Crippen LogP contribution in [0.2, 0.25) is 0 Å². The van der Waals surface area contributed by atoms with Crippen LogP contribution in [0.4, 0.5) is 26.3 Å². The van der Waals surface area contributed by atoms with Gasteiger partial charge < -0.3 is 24.1 Å². The summed E-state index contributed by atoms with van der Waals surface area (Å²) in [6.45, 7) is 2.02. The van der Waals surface area contributed by atoms with Crippen molar-refractivity contribution in [2.75, 3.05) is 13.2 Å². The zero-order valence-electron chi connectivity index (χ0n) is 18.7. The van der Waals surface area contributed by atoms with Gasteiger partial charge in [0, 0.05) is 24.7 Å². The minimum Gasteiger partial charge on any atom is -0.490 e. The van der Waals surface area contributed by atoms with Crippen LogP contribution >= 0.6 is 0 Å². The number of ether oxygens (including phenoxy) is 4. The topological polar surface area (TPSA) is 74.2 Å². The molecule has 0 saturated carbocycles. The molecule has 1 N–H and O–H groups in total. The molecule has 0 aliphatic heterocycles. The average Bonchev–Trinajstić information content (AvgIpc) is 2.74. The molecule has 0 radical (unpaired) electrons. The molecule has 1 unspecified atom stereocenters. The Balaban J connectivity index is 1.97. The normalized spacial score (nSPS) is 12.5. The third kappa shape index (κ3) is 11.1. The highest BCUT2D eigenvalue weighted by atomic mass is 19.4. The van der Waals surface area contributed by atoms with Crippen molar-refractivity contribution in [2.45, 2.75) is 32.2 Å². The van der Waals surface area contributed by atoms with Gasteiger partial charge in [-0.25, -0.2) is 4.79 Å². The molecule has 0 saturated heterocycles. The number of halogens is 6. The maximum Gasteiger partial charge on any atom is 0.573 e. The maximum atomic E-state index is 12.4. The van der Waals surface area contributed by atoms with E-state index in [0.29, 0.717) is 11.8 Å². The summed E-state index contributed by atoms with van der Waals surface area (Å²) >= 11 is 0. The smallest absolute Gasteiger partial charge is 0.490 e. The van der Waals surface area contributed by atoms with Crippen LogP contribution in [-0.2, 0) is 16.0 Å². The van der Waals surface area contributed by atoms with Crippen molar-refractivity contribution in [1.82, 2.24) is 0 Å². The lowest BCUT2D eigenvalue weighted by atomic mass is 10.1. The molecule has 0 fully saturated rings. The van der Waals surface area contributed by atoms with Gasteiger partial charge in [-0.3, -0.25) is 0 Å². The van der Waals surface area contributed by atoms with Crippen LogP contribution in [0.15, 0.2) is 54.6 Å². The summed E-state index contributed by atoms with van der Waals surface area (Å²) < 4.78 is 92.6. The van der Waals surface area contributed by atoms with Gasteiger partial charge in [-0.15, -0.1) is 26.3 Å². The van der Waals surface area contributed by atoms with E-state index in [2.05, 4.69) is 21.3 Å². The highest BCUT2D eigenvalue weighted by Crippen LogP contribution is 2.31. The number of hydrogen-bond donors (Lipinski definition) is 1. The molecule has 0 aliphatic rings. The maximum absolute atomic E-state index is 12.4. The number of hydrogen-bond acceptors (Lipinski definition) is 5. The second kappa shape index (κ2) is 12.7. The molecule has 2 rings (SSSR count). The largest absolute Gasteiger partial charge is 0.573 e. The minimum atomic E-state index is -5.11. The van der Waals surface area contributed by atoms with Gasteiger partial charge in [-0.2, -0.15) is 0 Å². The zero-order valence-corrected chi connectivity index (χ0v) is 18.7. The minimum absolute atomic E-state index is 0.0599. The third-order valence-corrected chi connectivity index (χ3v) is 4.10. The molecule has 0 amide bonds. The van der Waals surface area contributed by atoms with Gasteiger partial charge in [-0.1, -0.05) is 24.0 Å². The predicted octanol–water partition coefficient (Wildman–Crippen LogP) is 5.50. The molecular formula is C24H20F6O6. The Bertz CT molecular complexity index is 1060. The fraction of sp³-hybridized carbons (Fsp3) is 0.292. The van der Waals surface area contributed by atoms with Crippen molar-refractivity contribution in [2.24, 2.45) is 0 Å². The highest BCUT2D eigenvalue weighted by Gasteiger charge is 2.33. The SMILES string of the molecule is CCOC(Cc1ccc(OCC=CC#Cc2cc(OC(F)(F)F)cc(OC(F)(F)F)c2)cc1)C(=O)O. The van der Waals surface area contributed by atoms with E-state index in [1.807, 2.05) is 0 Å². The van der Waals surface area contributed by atoms with Gasteiger partial charge in [0.25, 0.3) is 0 Å². The van der Waals surface area contributed by atoms with Crippen molar-refractivity contribution in [3.8, 4) is 29.1 Å². The second-order valence-corrected chi connectivity index (χ2v) is 6.90. The summed E-state index contributed by atoms with van der Waals surface area (Å²) in [5.41, 5.74) is 0.527. The molecule has 6 nitrogen and oxygen atoms in total. The molecule has 194 valence electrons. The molecule has 36 heavy (non-hydrogen) atoms. The van der Waals surface area contributed by atoms with Gasteiger partial charge in [-0.05, 0) is 48.9 Å². The van der Waals surface area contributed by atoms with Gasteiger partial charge in [0.15, 0.2) is 6.10 Å². The Kier molecular flexibility index (Phi) is 10.0. The first-order valence-corrected chi connectivity index (χ1v) is 10.2. The number of allylic oxidation sites excluding steroid dienone is 1. The van der Waals surface area contributed by atoms with E-state index < -0.39 is 36.3 Å². The van der Waals surface area contributed by atoms with E-state index in [9.17, 15) is 31.1 Å². The lowest BCUT2D eigenvalue weighted by Crippen LogP contribution is -2.26. The van der Waals surface area contributed by atoms with Crippen LogP contribution in [0.5, 0.6) is 17.2 Å². The number of alkyl halides is 6. The third-order valence-electron chi connectivity index (χ3n) is 4.10. The Morgan fingerprint density at radius 3 is 2.06 bits per heavy atom. The van der Waals surface area contributed by atoms with Crippen molar-refractivity contribution < 1.29 is 55.2 Å². The van der Waals surface area contributed by atoms with Crippen LogP contribution in [0, 0.1) is 11.8 Å². The summed E-state index contributed by atoms with van der Waals surface area (Å²) in [5, 5.41) is 9.13. The van der Waals surface area contributed by atoms with E-state index >= 15 is 0 Å². The van der Waals surface area contributed by atoms with Crippen molar-refractivity contribution in [3.05, 3.63) is 65.7 Å². The first-order chi connectivity index (χ1) is 16.8. The van der Waals surface area contributed by atoms with E-state index in [1.165, 1.54) is 12.2 Å². The van der Waals surface area contributed by atoms with Crippen molar-refractivity contribution in [3.63, 3.8) is 0 Å². The van der Waals surface area contributed by atoms with E-state index in [-0.39, 0.29) is 25.2 Å².